The van der Waals surface area contributed by atoms with Gasteiger partial charge in [0, 0.05) is 10.6 Å². The van der Waals surface area contributed by atoms with Crippen LogP contribution in [0.4, 0.5) is 10.8 Å². The first kappa shape index (κ1) is 18.7. The lowest BCUT2D eigenvalue weighted by atomic mass is 10.2. The summed E-state index contributed by atoms with van der Waals surface area (Å²) in [7, 11) is 1.63. The lowest BCUT2D eigenvalue weighted by Gasteiger charge is -2.07. The summed E-state index contributed by atoms with van der Waals surface area (Å²) in [5.74, 6) is 2.30. The van der Waals surface area contributed by atoms with Gasteiger partial charge in [0.25, 0.3) is 0 Å². The van der Waals surface area contributed by atoms with Gasteiger partial charge < -0.3 is 14.6 Å². The number of hydrogen-bond donors (Lipinski definition) is 1. The molecule has 2 aromatic heterocycles. The molecule has 2 aromatic carbocycles. The summed E-state index contributed by atoms with van der Waals surface area (Å²) in [5.41, 5.74) is 1.69. The van der Waals surface area contributed by atoms with Crippen molar-refractivity contribution < 1.29 is 9.26 Å². The summed E-state index contributed by atoms with van der Waals surface area (Å²) < 4.78 is 11.4. The highest BCUT2D eigenvalue weighted by Gasteiger charge is 2.12. The maximum atomic E-state index is 5.90. The molecule has 0 fully saturated rings. The molecule has 1 N–H and O–H groups in total. The van der Waals surface area contributed by atoms with Crippen LogP contribution < -0.4 is 10.1 Å². The second kappa shape index (κ2) is 8.59. The number of thioether (sulfide) groups is 1. The zero-order valence-corrected chi connectivity index (χ0v) is 17.0. The fourth-order valence-corrected chi connectivity index (χ4v) is 4.06. The van der Waals surface area contributed by atoms with Gasteiger partial charge in [0.2, 0.25) is 16.8 Å². The molecule has 0 unspecified atom stereocenters. The van der Waals surface area contributed by atoms with Crippen LogP contribution in [0.1, 0.15) is 5.89 Å². The Morgan fingerprint density at radius 1 is 1.14 bits per heavy atom. The molecule has 28 heavy (non-hydrogen) atoms. The number of nitrogens with zero attached hydrogens (tertiary/aromatic N) is 4. The van der Waals surface area contributed by atoms with Crippen LogP contribution >= 0.6 is 34.7 Å². The van der Waals surface area contributed by atoms with Crippen LogP contribution in [-0.2, 0) is 5.75 Å². The highest BCUT2D eigenvalue weighted by Crippen LogP contribution is 2.32. The van der Waals surface area contributed by atoms with Gasteiger partial charge in [-0.15, -0.1) is 10.2 Å². The minimum absolute atomic E-state index is 0.504. The normalized spacial score (nSPS) is 10.8. The van der Waals surface area contributed by atoms with Crippen molar-refractivity contribution in [1.82, 2.24) is 20.3 Å². The van der Waals surface area contributed by atoms with Crippen molar-refractivity contribution in [3.8, 4) is 17.1 Å². The van der Waals surface area contributed by atoms with Crippen molar-refractivity contribution >= 4 is 45.5 Å². The van der Waals surface area contributed by atoms with Crippen molar-refractivity contribution in [1.29, 1.82) is 0 Å². The van der Waals surface area contributed by atoms with Crippen molar-refractivity contribution in [2.24, 2.45) is 0 Å². The summed E-state index contributed by atoms with van der Waals surface area (Å²) in [6.07, 6.45) is 0. The number of nitrogens with one attached hydrogen (secondary N) is 1. The average molecular weight is 432 g/mol. The second-order valence-electron chi connectivity index (χ2n) is 5.51. The third-order valence-electron chi connectivity index (χ3n) is 3.64. The fraction of sp³-hybridized carbons (Fsp3) is 0.111. The third kappa shape index (κ3) is 4.44. The van der Waals surface area contributed by atoms with Crippen LogP contribution in [0.2, 0.25) is 5.02 Å². The van der Waals surface area contributed by atoms with E-state index in [0.717, 1.165) is 21.3 Å². The molecule has 2 heterocycles. The monoisotopic (exact) mass is 431 g/mol. The maximum Gasteiger partial charge on any atom is 0.237 e. The average Bonchev–Trinajstić information content (AvgIpc) is 3.37. The van der Waals surface area contributed by atoms with Crippen molar-refractivity contribution in [2.75, 3.05) is 12.4 Å². The molecule has 142 valence electrons. The Bertz CT molecular complexity index is 1070. The zero-order chi connectivity index (χ0) is 19.3. The Labute approximate surface area is 174 Å². The van der Waals surface area contributed by atoms with Crippen LogP contribution in [0.15, 0.2) is 57.4 Å². The summed E-state index contributed by atoms with van der Waals surface area (Å²) in [6, 6.07) is 14.9. The molecule has 0 aliphatic heterocycles. The molecule has 0 aliphatic carbocycles. The summed E-state index contributed by atoms with van der Waals surface area (Å²) >= 11 is 8.82. The Hall–Kier alpha value is -2.62. The summed E-state index contributed by atoms with van der Waals surface area (Å²) in [4.78, 5) is 4.41. The minimum atomic E-state index is 0.504. The van der Waals surface area contributed by atoms with E-state index in [9.17, 15) is 0 Å². The van der Waals surface area contributed by atoms with Crippen LogP contribution in [0.25, 0.3) is 11.4 Å². The molecule has 0 radical (unpaired) electrons. The van der Waals surface area contributed by atoms with Gasteiger partial charge >= 0.3 is 0 Å². The molecule has 0 atom stereocenters. The number of halogens is 1. The first-order chi connectivity index (χ1) is 13.7. The third-order valence-corrected chi connectivity index (χ3v) is 5.85. The lowest BCUT2D eigenvalue weighted by molar-refractivity contribution is 0.391. The molecule has 7 nitrogen and oxygen atoms in total. The topological polar surface area (TPSA) is 86.0 Å². The quantitative estimate of drug-likeness (QED) is 0.395. The van der Waals surface area contributed by atoms with Gasteiger partial charge in [-0.2, -0.15) is 4.98 Å². The van der Waals surface area contributed by atoms with E-state index in [4.69, 9.17) is 20.9 Å². The van der Waals surface area contributed by atoms with E-state index in [0.29, 0.717) is 27.6 Å². The van der Waals surface area contributed by atoms with E-state index in [1.165, 1.54) is 23.1 Å². The number of rotatable bonds is 7. The minimum Gasteiger partial charge on any atom is -0.495 e. The smallest absolute Gasteiger partial charge is 0.237 e. The molecule has 0 aliphatic rings. The first-order valence-electron chi connectivity index (χ1n) is 8.16. The fourth-order valence-electron chi connectivity index (χ4n) is 2.33. The first-order valence-corrected chi connectivity index (χ1v) is 10.3. The number of anilines is 2. The molecule has 0 bridgehead atoms. The van der Waals surface area contributed by atoms with E-state index < -0.39 is 0 Å². The highest BCUT2D eigenvalue weighted by atomic mass is 35.5. The van der Waals surface area contributed by atoms with Gasteiger partial charge in [0.1, 0.15) is 5.75 Å². The van der Waals surface area contributed by atoms with Crippen LogP contribution in [0.5, 0.6) is 5.75 Å². The molecule has 4 aromatic rings. The Balaban J connectivity index is 1.38. The standard InChI is InChI=1S/C18H14ClN5O2S2/c1-25-14-5-3-2-4-13(14)20-17-22-23-18(28-17)27-10-15-21-16(24-26-15)11-6-8-12(19)9-7-11/h2-9H,10H2,1H3,(H,20,22). The predicted molar refractivity (Wildman–Crippen MR) is 110 cm³/mol. The van der Waals surface area contributed by atoms with Crippen LogP contribution in [-0.4, -0.2) is 27.4 Å². The lowest BCUT2D eigenvalue weighted by Crippen LogP contribution is -1.93. The van der Waals surface area contributed by atoms with Gasteiger partial charge in [-0.1, -0.05) is 52.0 Å². The number of para-hydroxylation sites is 2. The molecule has 0 amide bonds. The molecule has 0 saturated heterocycles. The van der Waals surface area contributed by atoms with Crippen LogP contribution in [0, 0.1) is 0 Å². The van der Waals surface area contributed by atoms with E-state index >= 15 is 0 Å². The van der Waals surface area contributed by atoms with Gasteiger partial charge in [0.15, 0.2) is 4.34 Å². The van der Waals surface area contributed by atoms with E-state index in [1.54, 1.807) is 19.2 Å². The Kier molecular flexibility index (Phi) is 5.75. The molecule has 4 rings (SSSR count). The van der Waals surface area contributed by atoms with Crippen molar-refractivity contribution in [3.63, 3.8) is 0 Å². The number of benzene rings is 2. The number of methoxy groups -OCH3 is 1. The Morgan fingerprint density at radius 2 is 1.96 bits per heavy atom. The van der Waals surface area contributed by atoms with Gasteiger partial charge in [-0.25, -0.2) is 0 Å². The van der Waals surface area contributed by atoms with Gasteiger partial charge in [-0.3, -0.25) is 0 Å². The van der Waals surface area contributed by atoms with Crippen molar-refractivity contribution in [2.45, 2.75) is 10.1 Å². The number of aromatic nitrogens is 4. The van der Waals surface area contributed by atoms with Gasteiger partial charge in [-0.05, 0) is 36.4 Å². The number of hydrogen-bond acceptors (Lipinski definition) is 9. The number of ether oxygens (including phenoxy) is 1. The maximum absolute atomic E-state index is 5.90. The molecule has 0 saturated carbocycles. The largest absolute Gasteiger partial charge is 0.495 e. The summed E-state index contributed by atoms with van der Waals surface area (Å²) in [6.45, 7) is 0. The highest BCUT2D eigenvalue weighted by molar-refractivity contribution is 8.00. The molecular formula is C18H14ClN5O2S2. The van der Waals surface area contributed by atoms with Crippen molar-refractivity contribution in [3.05, 3.63) is 59.4 Å². The Morgan fingerprint density at radius 3 is 2.79 bits per heavy atom. The van der Waals surface area contributed by atoms with Gasteiger partial charge in [0.05, 0.1) is 18.6 Å². The predicted octanol–water partition coefficient (Wildman–Crippen LogP) is 5.29. The molecular weight excluding hydrogens is 418 g/mol. The SMILES string of the molecule is COc1ccccc1Nc1nnc(SCc2nc(-c3ccc(Cl)cc3)no2)s1. The second-order valence-corrected chi connectivity index (χ2v) is 8.14. The summed E-state index contributed by atoms with van der Waals surface area (Å²) in [5, 5.41) is 16.9. The zero-order valence-electron chi connectivity index (χ0n) is 14.6. The van der Waals surface area contributed by atoms with E-state index in [1.807, 2.05) is 36.4 Å². The molecule has 0 spiro atoms. The molecule has 10 heteroatoms. The van der Waals surface area contributed by atoms with Crippen LogP contribution in [0.3, 0.4) is 0 Å². The van der Waals surface area contributed by atoms with E-state index in [2.05, 4.69) is 25.7 Å². The van der Waals surface area contributed by atoms with E-state index in [-0.39, 0.29) is 0 Å².